The number of phenols is 1. The number of likely N-dealkylation sites (N-methyl/N-ethyl adjacent to an activating group) is 1. The van der Waals surface area contributed by atoms with Gasteiger partial charge >= 0.3 is 0 Å². The maximum Gasteiger partial charge on any atom is 0.183 e. The molecule has 2 aromatic heterocycles. The number of aromatic nitrogens is 4. The van der Waals surface area contributed by atoms with E-state index in [9.17, 15) is 5.11 Å². The molecule has 24 heavy (non-hydrogen) atoms. The van der Waals surface area contributed by atoms with E-state index in [1.54, 1.807) is 12.1 Å². The summed E-state index contributed by atoms with van der Waals surface area (Å²) in [5.41, 5.74) is 4.01. The predicted octanol–water partition coefficient (Wildman–Crippen LogP) is 2.77. The van der Waals surface area contributed by atoms with Crippen LogP contribution in [0.3, 0.4) is 0 Å². The van der Waals surface area contributed by atoms with E-state index in [1.807, 2.05) is 25.4 Å². The molecule has 1 fully saturated rings. The number of hydrogen-bond donors (Lipinski definition) is 1. The lowest BCUT2D eigenvalue weighted by Gasteiger charge is -2.30. The molecule has 0 saturated carbocycles. The number of fused-ring (bicyclic) bond motifs is 1. The van der Waals surface area contributed by atoms with Gasteiger partial charge in [0.15, 0.2) is 5.65 Å². The Morgan fingerprint density at radius 2 is 2.04 bits per heavy atom. The number of nitrogens with zero attached hydrogens (tertiary/aromatic N) is 5. The van der Waals surface area contributed by atoms with Crippen molar-refractivity contribution >= 4 is 11.2 Å². The van der Waals surface area contributed by atoms with Gasteiger partial charge in [0, 0.05) is 23.7 Å². The number of piperidine rings is 1. The molecule has 0 radical (unpaired) electrons. The van der Waals surface area contributed by atoms with Crippen molar-refractivity contribution < 1.29 is 5.11 Å². The number of rotatable bonds is 2. The Hall–Kier alpha value is -2.47. The smallest absolute Gasteiger partial charge is 0.183 e. The number of imidazole rings is 1. The van der Waals surface area contributed by atoms with Crippen LogP contribution in [-0.2, 0) is 0 Å². The second-order valence-electron chi connectivity index (χ2n) is 6.57. The van der Waals surface area contributed by atoms with E-state index < -0.39 is 0 Å². The molecule has 4 rings (SSSR count). The van der Waals surface area contributed by atoms with E-state index >= 15 is 0 Å². The number of phenolic OH excluding ortho intramolecular Hbond substituents is 1. The molecule has 6 nitrogen and oxygen atoms in total. The average molecular weight is 323 g/mol. The van der Waals surface area contributed by atoms with Crippen LogP contribution in [0.4, 0.5) is 0 Å². The third kappa shape index (κ3) is 2.43. The fourth-order valence-electron chi connectivity index (χ4n) is 3.57. The van der Waals surface area contributed by atoms with E-state index in [1.165, 1.54) is 6.42 Å². The first-order chi connectivity index (χ1) is 11.6. The Bertz CT molecular complexity index is 888. The van der Waals surface area contributed by atoms with Crippen molar-refractivity contribution in [2.24, 2.45) is 0 Å². The van der Waals surface area contributed by atoms with Crippen molar-refractivity contribution in [3.8, 4) is 17.0 Å². The number of aryl methyl sites for hydroxylation is 1. The first-order valence-corrected chi connectivity index (χ1v) is 8.32. The van der Waals surface area contributed by atoms with Gasteiger partial charge in [-0.1, -0.05) is 12.1 Å². The van der Waals surface area contributed by atoms with Gasteiger partial charge in [-0.25, -0.2) is 4.98 Å². The largest absolute Gasteiger partial charge is 0.507 e. The van der Waals surface area contributed by atoms with Gasteiger partial charge in [-0.05, 0) is 45.5 Å². The van der Waals surface area contributed by atoms with E-state index in [0.29, 0.717) is 17.3 Å². The molecule has 1 aliphatic rings. The summed E-state index contributed by atoms with van der Waals surface area (Å²) in [6.45, 7) is 4.14. The fourth-order valence-corrected chi connectivity index (χ4v) is 3.57. The summed E-state index contributed by atoms with van der Waals surface area (Å²) in [7, 11) is 2.15. The topological polar surface area (TPSA) is 67.1 Å². The molecule has 1 N–H and O–H groups in total. The third-order valence-corrected chi connectivity index (χ3v) is 4.87. The van der Waals surface area contributed by atoms with Gasteiger partial charge < -0.3 is 14.6 Å². The Morgan fingerprint density at radius 1 is 1.21 bits per heavy atom. The number of aromatic hydroxyl groups is 1. The van der Waals surface area contributed by atoms with E-state index in [0.717, 1.165) is 36.2 Å². The third-order valence-electron chi connectivity index (χ3n) is 4.87. The van der Waals surface area contributed by atoms with Gasteiger partial charge in [-0.2, -0.15) is 0 Å². The van der Waals surface area contributed by atoms with Crippen LogP contribution in [0.1, 0.15) is 24.4 Å². The number of likely N-dealkylation sites (tertiary alicyclic amines) is 1. The first-order valence-electron chi connectivity index (χ1n) is 8.32. The summed E-state index contributed by atoms with van der Waals surface area (Å²) in [5, 5.41) is 18.9. The maximum absolute atomic E-state index is 10.1. The highest BCUT2D eigenvalue weighted by Gasteiger charge is 2.23. The standard InChI is InChI=1S/C18H21N5O/c1-12-16(14-7-3-4-8-15(14)24)20-21-18-17(12)19-11-23(18)13-6-5-9-22(2)10-13/h3-4,7-8,11,13,24H,5-6,9-10H2,1-2H3/t13-/m1/s1. The Labute approximate surface area is 140 Å². The summed E-state index contributed by atoms with van der Waals surface area (Å²) in [6, 6.07) is 7.59. The Morgan fingerprint density at radius 3 is 2.83 bits per heavy atom. The molecule has 1 saturated heterocycles. The molecule has 124 valence electrons. The molecule has 0 aliphatic carbocycles. The molecule has 1 aliphatic heterocycles. The van der Waals surface area contributed by atoms with Crippen LogP contribution in [0.15, 0.2) is 30.6 Å². The molecular formula is C18H21N5O. The number of para-hydroxylation sites is 1. The van der Waals surface area contributed by atoms with Gasteiger partial charge in [0.05, 0.1) is 6.33 Å². The minimum absolute atomic E-state index is 0.211. The van der Waals surface area contributed by atoms with Crippen molar-refractivity contribution in [2.75, 3.05) is 20.1 Å². The van der Waals surface area contributed by atoms with Crippen LogP contribution in [0.25, 0.3) is 22.4 Å². The quantitative estimate of drug-likeness (QED) is 0.785. The summed E-state index contributed by atoms with van der Waals surface area (Å²) in [5.74, 6) is 0.211. The van der Waals surface area contributed by atoms with E-state index in [4.69, 9.17) is 0 Å². The van der Waals surface area contributed by atoms with Gasteiger partial charge in [-0.3, -0.25) is 0 Å². The summed E-state index contributed by atoms with van der Waals surface area (Å²) >= 11 is 0. The van der Waals surface area contributed by atoms with Crippen LogP contribution < -0.4 is 0 Å². The van der Waals surface area contributed by atoms with Crippen LogP contribution >= 0.6 is 0 Å². The molecule has 0 bridgehead atoms. The highest BCUT2D eigenvalue weighted by atomic mass is 16.3. The monoisotopic (exact) mass is 323 g/mol. The molecule has 6 heteroatoms. The molecule has 0 spiro atoms. The van der Waals surface area contributed by atoms with Crippen molar-refractivity contribution in [2.45, 2.75) is 25.8 Å². The van der Waals surface area contributed by atoms with E-state index in [2.05, 4.69) is 31.7 Å². The zero-order valence-corrected chi connectivity index (χ0v) is 14.0. The Kier molecular flexibility index (Phi) is 3.69. The minimum atomic E-state index is 0.211. The summed E-state index contributed by atoms with van der Waals surface area (Å²) < 4.78 is 2.15. The lowest BCUT2D eigenvalue weighted by atomic mass is 10.1. The van der Waals surface area contributed by atoms with Gasteiger partial charge in [0.25, 0.3) is 0 Å². The van der Waals surface area contributed by atoms with Crippen LogP contribution in [0.5, 0.6) is 5.75 Å². The molecule has 1 atom stereocenters. The maximum atomic E-state index is 10.1. The number of benzene rings is 1. The summed E-state index contributed by atoms with van der Waals surface area (Å²) in [4.78, 5) is 6.94. The normalized spacial score (nSPS) is 19.0. The van der Waals surface area contributed by atoms with Crippen LogP contribution in [-0.4, -0.2) is 49.9 Å². The zero-order chi connectivity index (χ0) is 16.7. The van der Waals surface area contributed by atoms with Crippen molar-refractivity contribution in [1.82, 2.24) is 24.6 Å². The molecule has 1 aromatic carbocycles. The van der Waals surface area contributed by atoms with Crippen molar-refractivity contribution in [3.63, 3.8) is 0 Å². The highest BCUT2D eigenvalue weighted by Crippen LogP contribution is 2.32. The molecular weight excluding hydrogens is 302 g/mol. The average Bonchev–Trinajstić information content (AvgIpc) is 3.01. The van der Waals surface area contributed by atoms with Gasteiger partial charge in [0.1, 0.15) is 17.0 Å². The zero-order valence-electron chi connectivity index (χ0n) is 14.0. The van der Waals surface area contributed by atoms with Gasteiger partial charge in [0.2, 0.25) is 0 Å². The second kappa shape index (κ2) is 5.87. The molecule has 0 unspecified atom stereocenters. The molecule has 0 amide bonds. The fraction of sp³-hybridized carbons (Fsp3) is 0.389. The van der Waals surface area contributed by atoms with Crippen LogP contribution in [0, 0.1) is 6.92 Å². The lowest BCUT2D eigenvalue weighted by molar-refractivity contribution is 0.214. The predicted molar refractivity (Wildman–Crippen MR) is 92.9 cm³/mol. The number of hydrogen-bond acceptors (Lipinski definition) is 5. The lowest BCUT2D eigenvalue weighted by Crippen LogP contribution is -2.33. The van der Waals surface area contributed by atoms with E-state index in [-0.39, 0.29) is 5.75 Å². The van der Waals surface area contributed by atoms with Gasteiger partial charge in [-0.15, -0.1) is 10.2 Å². The first kappa shape index (κ1) is 15.1. The summed E-state index contributed by atoms with van der Waals surface area (Å²) in [6.07, 6.45) is 4.20. The molecule has 3 heterocycles. The SMILES string of the molecule is Cc1c(-c2ccccc2O)nnc2c1ncn2[C@@H]1CCCN(C)C1. The van der Waals surface area contributed by atoms with Crippen molar-refractivity contribution in [3.05, 3.63) is 36.2 Å². The minimum Gasteiger partial charge on any atom is -0.507 e. The van der Waals surface area contributed by atoms with Crippen LogP contribution in [0.2, 0.25) is 0 Å². The molecule has 3 aromatic rings. The highest BCUT2D eigenvalue weighted by molar-refractivity contribution is 5.82. The Balaban J connectivity index is 1.80. The van der Waals surface area contributed by atoms with Crippen molar-refractivity contribution in [1.29, 1.82) is 0 Å². The second-order valence-corrected chi connectivity index (χ2v) is 6.57.